The molecular weight excluding hydrogens is 487 g/mol. The first-order valence-electron chi connectivity index (χ1n) is 12.0. The molecule has 37 heavy (non-hydrogen) atoms. The van der Waals surface area contributed by atoms with Gasteiger partial charge in [0.1, 0.15) is 5.60 Å². The number of rotatable bonds is 9. The summed E-state index contributed by atoms with van der Waals surface area (Å²) in [6.45, 7) is 11.3. The Hall–Kier alpha value is -3.18. The molecule has 0 aliphatic heterocycles. The number of Topliss-reactive ketones (excluding diaryl/α,β-unsaturated/α-hetero) is 1. The largest absolute Gasteiger partial charge is 0.382 e. The maximum Gasteiger partial charge on any atom is 0.340 e. The fourth-order valence-corrected chi connectivity index (χ4v) is 6.54. The fourth-order valence-electron chi connectivity index (χ4n) is 4.49. The summed E-state index contributed by atoms with van der Waals surface area (Å²) in [5.74, 6) is -0.494. The second-order valence-corrected chi connectivity index (χ2v) is 12.2. The summed E-state index contributed by atoms with van der Waals surface area (Å²) >= 11 is 0. The van der Waals surface area contributed by atoms with E-state index in [1.54, 1.807) is 76.2 Å². The SMILES string of the molecule is Cc1cc(C)c(C(=O)P(=O)(OCc2cccc(C(=O)C(C)(C)O)c2)C(=O)c2c(C)cccc2C)c(C)c1. The van der Waals surface area contributed by atoms with Crippen LogP contribution in [0.1, 0.15) is 78.3 Å². The third-order valence-electron chi connectivity index (χ3n) is 6.28. The van der Waals surface area contributed by atoms with Crippen LogP contribution in [-0.4, -0.2) is 27.5 Å². The van der Waals surface area contributed by atoms with Gasteiger partial charge in [-0.3, -0.25) is 18.9 Å². The molecule has 0 saturated heterocycles. The van der Waals surface area contributed by atoms with Crippen LogP contribution < -0.4 is 0 Å². The van der Waals surface area contributed by atoms with Crippen molar-refractivity contribution in [3.8, 4) is 0 Å². The van der Waals surface area contributed by atoms with Gasteiger partial charge >= 0.3 is 7.37 Å². The number of hydrogen-bond acceptors (Lipinski definition) is 6. The maximum atomic E-state index is 14.4. The van der Waals surface area contributed by atoms with Crippen molar-refractivity contribution in [2.24, 2.45) is 0 Å². The average molecular weight is 521 g/mol. The molecule has 0 spiro atoms. The normalized spacial score (nSPS) is 13.2. The van der Waals surface area contributed by atoms with Gasteiger partial charge in [-0.1, -0.05) is 54.1 Å². The Labute approximate surface area is 218 Å². The van der Waals surface area contributed by atoms with Crippen molar-refractivity contribution in [2.45, 2.75) is 60.7 Å². The Bertz CT molecular complexity index is 1400. The van der Waals surface area contributed by atoms with E-state index < -0.39 is 29.8 Å². The molecule has 3 rings (SSSR count). The quantitative estimate of drug-likeness (QED) is 0.250. The zero-order chi connectivity index (χ0) is 27.7. The highest BCUT2D eigenvalue weighted by atomic mass is 31.2. The van der Waals surface area contributed by atoms with Crippen molar-refractivity contribution in [3.63, 3.8) is 0 Å². The Morgan fingerprint density at radius 1 is 0.784 bits per heavy atom. The van der Waals surface area contributed by atoms with E-state index in [2.05, 4.69) is 0 Å². The number of benzene rings is 3. The lowest BCUT2D eigenvalue weighted by atomic mass is 9.96. The summed E-state index contributed by atoms with van der Waals surface area (Å²) in [6, 6.07) is 15.1. The molecule has 3 aromatic rings. The van der Waals surface area contributed by atoms with Crippen LogP contribution >= 0.6 is 7.37 Å². The minimum absolute atomic E-state index is 0.201. The van der Waals surface area contributed by atoms with Crippen LogP contribution in [0.5, 0.6) is 0 Å². The van der Waals surface area contributed by atoms with Crippen LogP contribution in [0.3, 0.4) is 0 Å². The van der Waals surface area contributed by atoms with Gasteiger partial charge in [0, 0.05) is 16.7 Å². The van der Waals surface area contributed by atoms with Gasteiger partial charge in [-0.15, -0.1) is 0 Å². The van der Waals surface area contributed by atoms with E-state index in [1.807, 2.05) is 6.92 Å². The van der Waals surface area contributed by atoms with Crippen LogP contribution in [0.15, 0.2) is 54.6 Å². The van der Waals surface area contributed by atoms with Crippen LogP contribution in [-0.2, 0) is 15.7 Å². The van der Waals surface area contributed by atoms with Gasteiger partial charge in [0.2, 0.25) is 0 Å². The van der Waals surface area contributed by atoms with E-state index in [9.17, 15) is 24.1 Å². The predicted molar refractivity (Wildman–Crippen MR) is 145 cm³/mol. The maximum absolute atomic E-state index is 14.4. The van der Waals surface area contributed by atoms with E-state index in [-0.39, 0.29) is 23.3 Å². The van der Waals surface area contributed by atoms with Gasteiger partial charge in [-0.2, -0.15) is 0 Å². The van der Waals surface area contributed by atoms with Crippen LogP contribution in [0.4, 0.5) is 0 Å². The summed E-state index contributed by atoms with van der Waals surface area (Å²) < 4.78 is 20.2. The number of hydrogen-bond donors (Lipinski definition) is 1. The van der Waals surface area contributed by atoms with E-state index >= 15 is 0 Å². The van der Waals surface area contributed by atoms with Crippen molar-refractivity contribution < 1.29 is 28.6 Å². The van der Waals surface area contributed by atoms with E-state index in [0.29, 0.717) is 27.8 Å². The third kappa shape index (κ3) is 5.88. The lowest BCUT2D eigenvalue weighted by Gasteiger charge is -2.21. The molecule has 194 valence electrons. The minimum Gasteiger partial charge on any atom is -0.382 e. The Morgan fingerprint density at radius 2 is 1.27 bits per heavy atom. The first-order chi connectivity index (χ1) is 17.2. The van der Waals surface area contributed by atoms with E-state index in [0.717, 1.165) is 5.56 Å². The van der Waals surface area contributed by atoms with Crippen molar-refractivity contribution in [3.05, 3.63) is 105 Å². The zero-order valence-electron chi connectivity index (χ0n) is 22.3. The molecular formula is C30H33O6P. The summed E-state index contributed by atoms with van der Waals surface area (Å²) in [5, 5.41) is 10.1. The Kier molecular flexibility index (Phi) is 8.18. The topological polar surface area (TPSA) is 97.7 Å². The second-order valence-electron chi connectivity index (χ2n) is 10.1. The van der Waals surface area contributed by atoms with Crippen molar-refractivity contribution in [1.29, 1.82) is 0 Å². The molecule has 6 nitrogen and oxygen atoms in total. The lowest BCUT2D eigenvalue weighted by Crippen LogP contribution is -2.31. The molecule has 0 radical (unpaired) electrons. The van der Waals surface area contributed by atoms with E-state index in [1.165, 1.54) is 19.9 Å². The highest BCUT2D eigenvalue weighted by Gasteiger charge is 2.45. The smallest absolute Gasteiger partial charge is 0.340 e. The Morgan fingerprint density at radius 3 is 1.78 bits per heavy atom. The van der Waals surface area contributed by atoms with Gasteiger partial charge in [0.25, 0.3) is 11.0 Å². The van der Waals surface area contributed by atoms with Crippen molar-refractivity contribution in [2.75, 3.05) is 0 Å². The molecule has 3 aromatic carbocycles. The second kappa shape index (κ2) is 10.7. The van der Waals surface area contributed by atoms with Gasteiger partial charge in [0.15, 0.2) is 5.78 Å². The van der Waals surface area contributed by atoms with Crippen LogP contribution in [0, 0.1) is 34.6 Å². The Balaban J connectivity index is 2.10. The lowest BCUT2D eigenvalue weighted by molar-refractivity contribution is 0.0488. The fraction of sp³-hybridized carbons (Fsp3) is 0.300. The summed E-state index contributed by atoms with van der Waals surface area (Å²) in [7, 11) is -4.62. The van der Waals surface area contributed by atoms with Gasteiger partial charge < -0.3 is 9.63 Å². The number of aliphatic hydroxyl groups is 1. The molecule has 0 aliphatic carbocycles. The highest BCUT2D eigenvalue weighted by molar-refractivity contribution is 7.91. The van der Waals surface area contributed by atoms with Crippen molar-refractivity contribution in [1.82, 2.24) is 0 Å². The molecule has 0 amide bonds. The molecule has 1 unspecified atom stereocenters. The minimum atomic E-state index is -4.62. The zero-order valence-corrected chi connectivity index (χ0v) is 23.2. The van der Waals surface area contributed by atoms with Gasteiger partial charge in [-0.25, -0.2) is 0 Å². The third-order valence-corrected chi connectivity index (χ3v) is 8.29. The first-order valence-corrected chi connectivity index (χ1v) is 13.6. The molecule has 1 N–H and O–H groups in total. The summed E-state index contributed by atoms with van der Waals surface area (Å²) in [6.07, 6.45) is 0. The monoisotopic (exact) mass is 520 g/mol. The van der Waals surface area contributed by atoms with Gasteiger partial charge in [0.05, 0.1) is 6.61 Å². The molecule has 1 atom stereocenters. The van der Waals surface area contributed by atoms with Crippen LogP contribution in [0.25, 0.3) is 0 Å². The van der Waals surface area contributed by atoms with Gasteiger partial charge in [-0.05, 0) is 82.3 Å². The number of carbonyl (C=O) groups is 3. The molecule has 0 heterocycles. The molecule has 0 aliphatic rings. The number of carbonyl (C=O) groups excluding carboxylic acids is 3. The molecule has 0 saturated carbocycles. The molecule has 0 aromatic heterocycles. The van der Waals surface area contributed by atoms with Crippen molar-refractivity contribution >= 4 is 24.2 Å². The highest BCUT2D eigenvalue weighted by Crippen LogP contribution is 2.55. The summed E-state index contributed by atoms with van der Waals surface area (Å²) in [4.78, 5) is 40.3. The average Bonchev–Trinajstić information content (AvgIpc) is 2.80. The van der Waals surface area contributed by atoms with E-state index in [4.69, 9.17) is 4.52 Å². The molecule has 0 bridgehead atoms. The predicted octanol–water partition coefficient (Wildman–Crippen LogP) is 6.66. The molecule has 7 heteroatoms. The number of ketones is 1. The standard InChI is InChI=1S/C30H33O6P/c1-18-14-21(4)26(22(5)15-18)29(33)37(35,28(32)25-19(2)10-8-11-20(25)3)36-17-23-12-9-13-24(16-23)27(31)30(6,7)34/h8-16,34H,17H2,1-7H3. The first kappa shape index (κ1) is 28.4. The molecule has 0 fully saturated rings. The summed E-state index contributed by atoms with van der Waals surface area (Å²) in [5.41, 5.74) is 1.16. The van der Waals surface area contributed by atoms with Crippen LogP contribution in [0.2, 0.25) is 0 Å². The number of aryl methyl sites for hydroxylation is 5.